The van der Waals surface area contributed by atoms with Gasteiger partial charge in [0.25, 0.3) is 0 Å². The quantitative estimate of drug-likeness (QED) is 0.537. The topological polar surface area (TPSA) is 43.4 Å². The van der Waals surface area contributed by atoms with E-state index in [1.54, 1.807) is 42.5 Å². The first-order chi connectivity index (χ1) is 10.9. The lowest BCUT2D eigenvalue weighted by atomic mass is 9.91. The lowest BCUT2D eigenvalue weighted by molar-refractivity contribution is -0.142. The van der Waals surface area contributed by atoms with Gasteiger partial charge in [0.05, 0.1) is 13.0 Å². The van der Waals surface area contributed by atoms with Gasteiger partial charge in [0.2, 0.25) is 0 Å². The summed E-state index contributed by atoms with van der Waals surface area (Å²) in [6.07, 6.45) is -0.0994. The molecular weight excluding hydrogens is 359 g/mol. The lowest BCUT2D eigenvalue weighted by Crippen LogP contribution is -2.19. The fourth-order valence-electron chi connectivity index (χ4n) is 2.23. The van der Waals surface area contributed by atoms with Crippen LogP contribution >= 0.6 is 34.8 Å². The van der Waals surface area contributed by atoms with Crippen molar-refractivity contribution in [3.05, 3.63) is 68.7 Å². The Morgan fingerprint density at radius 1 is 1.00 bits per heavy atom. The molecule has 6 heteroatoms. The van der Waals surface area contributed by atoms with Crippen molar-refractivity contribution in [3.63, 3.8) is 0 Å². The third-order valence-electron chi connectivity index (χ3n) is 3.39. The number of ether oxygens (including phenoxy) is 1. The van der Waals surface area contributed by atoms with E-state index in [2.05, 4.69) is 0 Å². The molecule has 23 heavy (non-hydrogen) atoms. The molecule has 0 aliphatic carbocycles. The van der Waals surface area contributed by atoms with Gasteiger partial charge in [-0.05, 0) is 36.4 Å². The number of carbonyl (C=O) groups is 2. The second-order valence-corrected chi connectivity index (χ2v) is 6.10. The average molecular weight is 372 g/mol. The summed E-state index contributed by atoms with van der Waals surface area (Å²) >= 11 is 18.1. The van der Waals surface area contributed by atoms with Crippen LogP contribution in [0.3, 0.4) is 0 Å². The van der Waals surface area contributed by atoms with Gasteiger partial charge in [-0.25, -0.2) is 0 Å². The standard InChI is InChI=1S/C17H13Cl3O3/c1-23-17(22)12(16-13(19)3-2-4-14(16)20)9-15(21)10-5-7-11(18)8-6-10/h2-8,12H,9H2,1H3/t12-/m0/s1. The zero-order valence-corrected chi connectivity index (χ0v) is 14.5. The van der Waals surface area contributed by atoms with Crippen LogP contribution < -0.4 is 0 Å². The average Bonchev–Trinajstić information content (AvgIpc) is 2.53. The number of Topliss-reactive ketones (excluding diaryl/α,β-unsaturated/α-hetero) is 1. The molecule has 0 aliphatic heterocycles. The van der Waals surface area contributed by atoms with E-state index < -0.39 is 11.9 Å². The molecule has 0 aromatic heterocycles. The van der Waals surface area contributed by atoms with Crippen molar-refractivity contribution in [2.75, 3.05) is 7.11 Å². The summed E-state index contributed by atoms with van der Waals surface area (Å²) in [5, 5.41) is 1.16. The van der Waals surface area contributed by atoms with Gasteiger partial charge in [-0.15, -0.1) is 0 Å². The molecule has 0 unspecified atom stereocenters. The molecule has 0 radical (unpaired) electrons. The van der Waals surface area contributed by atoms with Gasteiger partial charge in [-0.2, -0.15) is 0 Å². The predicted octanol–water partition coefficient (Wildman–Crippen LogP) is 5.18. The molecule has 0 heterocycles. The van der Waals surface area contributed by atoms with E-state index in [4.69, 9.17) is 39.5 Å². The van der Waals surface area contributed by atoms with Gasteiger partial charge in [0.1, 0.15) is 0 Å². The first kappa shape index (κ1) is 17.8. The van der Waals surface area contributed by atoms with E-state index in [-0.39, 0.29) is 12.2 Å². The van der Waals surface area contributed by atoms with E-state index in [1.165, 1.54) is 7.11 Å². The highest BCUT2D eigenvalue weighted by Crippen LogP contribution is 2.35. The molecular formula is C17H13Cl3O3. The molecule has 0 N–H and O–H groups in total. The SMILES string of the molecule is COC(=O)[C@@H](CC(=O)c1ccc(Cl)cc1)c1c(Cl)cccc1Cl. The lowest BCUT2D eigenvalue weighted by Gasteiger charge is -2.17. The van der Waals surface area contributed by atoms with Crippen molar-refractivity contribution < 1.29 is 14.3 Å². The summed E-state index contributed by atoms with van der Waals surface area (Å²) in [5.41, 5.74) is 0.844. The van der Waals surface area contributed by atoms with Crippen LogP contribution in [-0.4, -0.2) is 18.9 Å². The largest absolute Gasteiger partial charge is 0.469 e. The third kappa shape index (κ3) is 4.25. The van der Waals surface area contributed by atoms with E-state index in [1.807, 2.05) is 0 Å². The molecule has 0 saturated carbocycles. The number of ketones is 1. The van der Waals surface area contributed by atoms with Crippen molar-refractivity contribution >= 4 is 46.6 Å². The monoisotopic (exact) mass is 370 g/mol. The number of halogens is 3. The molecule has 0 amide bonds. The van der Waals surface area contributed by atoms with E-state index >= 15 is 0 Å². The molecule has 0 saturated heterocycles. The number of hydrogen-bond donors (Lipinski definition) is 0. The summed E-state index contributed by atoms with van der Waals surface area (Å²) in [4.78, 5) is 24.6. The van der Waals surface area contributed by atoms with Crippen LogP contribution in [-0.2, 0) is 9.53 Å². The van der Waals surface area contributed by atoms with Gasteiger partial charge in [-0.1, -0.05) is 40.9 Å². The molecule has 0 aliphatic rings. The van der Waals surface area contributed by atoms with E-state index in [0.29, 0.717) is 26.2 Å². The van der Waals surface area contributed by atoms with Gasteiger partial charge in [0, 0.05) is 32.6 Å². The number of rotatable bonds is 5. The summed E-state index contributed by atoms with van der Waals surface area (Å²) in [7, 11) is 1.26. The van der Waals surface area contributed by atoms with Crippen molar-refractivity contribution in [3.8, 4) is 0 Å². The minimum absolute atomic E-state index is 0.0994. The Balaban J connectivity index is 2.35. The van der Waals surface area contributed by atoms with Gasteiger partial charge in [-0.3, -0.25) is 9.59 Å². The zero-order chi connectivity index (χ0) is 17.0. The Morgan fingerprint density at radius 3 is 2.09 bits per heavy atom. The van der Waals surface area contributed by atoms with E-state index in [0.717, 1.165) is 0 Å². The molecule has 3 nitrogen and oxygen atoms in total. The van der Waals surface area contributed by atoms with Crippen LogP contribution in [0.15, 0.2) is 42.5 Å². The first-order valence-electron chi connectivity index (χ1n) is 6.74. The Bertz CT molecular complexity index is 706. The fourth-order valence-corrected chi connectivity index (χ4v) is 3.01. The van der Waals surface area contributed by atoms with Gasteiger partial charge < -0.3 is 4.74 Å². The van der Waals surface area contributed by atoms with Crippen molar-refractivity contribution in [2.24, 2.45) is 0 Å². The Labute approximate surface area is 149 Å². The second kappa shape index (κ2) is 7.82. The normalized spacial score (nSPS) is 11.8. The van der Waals surface area contributed by atoms with Crippen molar-refractivity contribution in [2.45, 2.75) is 12.3 Å². The second-order valence-electron chi connectivity index (χ2n) is 4.85. The summed E-state index contributed by atoms with van der Waals surface area (Å²) in [5.74, 6) is -1.67. The van der Waals surface area contributed by atoms with Crippen LogP contribution in [0.25, 0.3) is 0 Å². The maximum absolute atomic E-state index is 12.4. The molecule has 0 bridgehead atoms. The molecule has 2 aromatic rings. The van der Waals surface area contributed by atoms with Crippen LogP contribution in [0.5, 0.6) is 0 Å². The maximum Gasteiger partial charge on any atom is 0.313 e. The summed E-state index contributed by atoms with van der Waals surface area (Å²) in [6, 6.07) is 11.3. The predicted molar refractivity (Wildman–Crippen MR) is 91.6 cm³/mol. The summed E-state index contributed by atoms with van der Waals surface area (Å²) < 4.78 is 4.80. The number of esters is 1. The Hall–Kier alpha value is -1.55. The van der Waals surface area contributed by atoms with Crippen LogP contribution in [0.2, 0.25) is 15.1 Å². The molecule has 0 fully saturated rings. The Kier molecular flexibility index (Phi) is 6.05. The van der Waals surface area contributed by atoms with Crippen molar-refractivity contribution in [1.82, 2.24) is 0 Å². The zero-order valence-electron chi connectivity index (χ0n) is 12.2. The highest BCUT2D eigenvalue weighted by Gasteiger charge is 2.29. The third-order valence-corrected chi connectivity index (χ3v) is 4.30. The van der Waals surface area contributed by atoms with Gasteiger partial charge >= 0.3 is 5.97 Å². The van der Waals surface area contributed by atoms with E-state index in [9.17, 15) is 9.59 Å². The maximum atomic E-state index is 12.4. The minimum atomic E-state index is -0.871. The number of hydrogen-bond acceptors (Lipinski definition) is 3. The highest BCUT2D eigenvalue weighted by atomic mass is 35.5. The van der Waals surface area contributed by atoms with Crippen LogP contribution in [0.1, 0.15) is 28.3 Å². The van der Waals surface area contributed by atoms with Crippen LogP contribution in [0, 0.1) is 0 Å². The van der Waals surface area contributed by atoms with Crippen molar-refractivity contribution in [1.29, 1.82) is 0 Å². The minimum Gasteiger partial charge on any atom is -0.469 e. The molecule has 0 spiro atoms. The molecule has 1 atom stereocenters. The smallest absolute Gasteiger partial charge is 0.313 e. The molecule has 2 aromatic carbocycles. The first-order valence-corrected chi connectivity index (χ1v) is 7.88. The summed E-state index contributed by atoms with van der Waals surface area (Å²) in [6.45, 7) is 0. The molecule has 2 rings (SSSR count). The molecule has 120 valence electrons. The number of benzene rings is 2. The van der Waals surface area contributed by atoms with Crippen LogP contribution in [0.4, 0.5) is 0 Å². The number of methoxy groups -OCH3 is 1. The van der Waals surface area contributed by atoms with Gasteiger partial charge in [0.15, 0.2) is 5.78 Å². The Morgan fingerprint density at radius 2 is 1.57 bits per heavy atom. The fraction of sp³-hybridized carbons (Fsp3) is 0.176. The highest BCUT2D eigenvalue weighted by molar-refractivity contribution is 6.36. The number of carbonyl (C=O) groups excluding carboxylic acids is 2.